The van der Waals surface area contributed by atoms with E-state index in [1.165, 1.54) is 283 Å². The molecule has 0 aromatic carbocycles. The number of carbonyl (C=O) groups excluding carboxylic acids is 3. The van der Waals surface area contributed by atoms with Gasteiger partial charge in [0, 0.05) is 19.3 Å². The lowest BCUT2D eigenvalue weighted by Crippen LogP contribution is -2.30. The molecular formula is C73H136O6. The van der Waals surface area contributed by atoms with Gasteiger partial charge in [-0.15, -0.1) is 0 Å². The highest BCUT2D eigenvalue weighted by Gasteiger charge is 2.19. The molecule has 0 amide bonds. The Hall–Kier alpha value is -2.37. The Morgan fingerprint density at radius 3 is 0.709 bits per heavy atom. The van der Waals surface area contributed by atoms with Crippen LogP contribution in [0.3, 0.4) is 0 Å². The van der Waals surface area contributed by atoms with Gasteiger partial charge in [0.05, 0.1) is 0 Å². The van der Waals surface area contributed by atoms with E-state index in [2.05, 4.69) is 57.2 Å². The molecule has 79 heavy (non-hydrogen) atoms. The Balaban J connectivity index is 4.03. The number of esters is 3. The van der Waals surface area contributed by atoms with Crippen LogP contribution in [-0.2, 0) is 28.6 Å². The molecule has 1 atom stereocenters. The number of carbonyl (C=O) groups is 3. The minimum atomic E-state index is -0.770. The van der Waals surface area contributed by atoms with Crippen molar-refractivity contribution in [3.8, 4) is 0 Å². The van der Waals surface area contributed by atoms with Gasteiger partial charge >= 0.3 is 17.9 Å². The third-order valence-electron chi connectivity index (χ3n) is 16.1. The van der Waals surface area contributed by atoms with Crippen molar-refractivity contribution in [3.63, 3.8) is 0 Å². The van der Waals surface area contributed by atoms with Crippen LogP contribution in [0, 0.1) is 0 Å². The lowest BCUT2D eigenvalue weighted by atomic mass is 10.0. The number of ether oxygens (including phenoxy) is 3. The summed E-state index contributed by atoms with van der Waals surface area (Å²) in [5.41, 5.74) is 0. The van der Waals surface area contributed by atoms with E-state index in [9.17, 15) is 14.4 Å². The smallest absolute Gasteiger partial charge is 0.306 e. The fourth-order valence-electron chi connectivity index (χ4n) is 10.8. The van der Waals surface area contributed by atoms with E-state index >= 15 is 0 Å². The second-order valence-electron chi connectivity index (χ2n) is 24.2. The van der Waals surface area contributed by atoms with Crippen LogP contribution in [0.15, 0.2) is 36.5 Å². The molecule has 0 aliphatic heterocycles. The van der Waals surface area contributed by atoms with Gasteiger partial charge < -0.3 is 14.2 Å². The number of unbranched alkanes of at least 4 members (excludes halogenated alkanes) is 49. The number of hydrogen-bond acceptors (Lipinski definition) is 6. The van der Waals surface area contributed by atoms with Crippen molar-refractivity contribution in [2.45, 2.75) is 399 Å². The summed E-state index contributed by atoms with van der Waals surface area (Å²) in [6, 6.07) is 0. The molecular weight excluding hydrogens is 973 g/mol. The largest absolute Gasteiger partial charge is 0.462 e. The highest BCUT2D eigenvalue weighted by atomic mass is 16.6. The van der Waals surface area contributed by atoms with E-state index in [0.717, 1.165) is 70.6 Å². The topological polar surface area (TPSA) is 78.9 Å². The Kier molecular flexibility index (Phi) is 66.1. The highest BCUT2D eigenvalue weighted by Crippen LogP contribution is 2.19. The van der Waals surface area contributed by atoms with Gasteiger partial charge in [-0.2, -0.15) is 0 Å². The van der Waals surface area contributed by atoms with E-state index in [1.54, 1.807) is 0 Å². The van der Waals surface area contributed by atoms with Crippen molar-refractivity contribution in [3.05, 3.63) is 36.5 Å². The molecule has 6 nitrogen and oxygen atoms in total. The standard InChI is InChI=1S/C73H136O6/c1-4-7-10-13-16-18-20-22-24-26-28-30-32-34-35-36-37-39-40-42-44-46-48-50-52-54-57-60-63-66-72(75)78-69-70(68-77-71(74)65-62-59-56-15-12-9-6-3)79-73(76)67-64-61-58-55-53-51-49-47-45-43-41-38-33-31-29-27-25-23-21-19-17-14-11-8-5-2/h21,23,27,29,33,38,70H,4-20,22,24-26,28,30-32,34-37,39-69H2,1-3H3/b23-21-,29-27-,38-33-. The zero-order valence-electron chi connectivity index (χ0n) is 53.4. The van der Waals surface area contributed by atoms with Gasteiger partial charge in [0.25, 0.3) is 0 Å². The van der Waals surface area contributed by atoms with Crippen LogP contribution in [0.5, 0.6) is 0 Å². The van der Waals surface area contributed by atoms with Gasteiger partial charge in [0.15, 0.2) is 6.10 Å². The Labute approximate surface area is 493 Å². The van der Waals surface area contributed by atoms with Gasteiger partial charge in [-0.05, 0) is 57.8 Å². The summed E-state index contributed by atoms with van der Waals surface area (Å²) in [6.07, 6.45) is 85.0. The summed E-state index contributed by atoms with van der Waals surface area (Å²) in [6.45, 7) is 6.65. The van der Waals surface area contributed by atoms with Gasteiger partial charge in [-0.25, -0.2) is 0 Å². The minimum Gasteiger partial charge on any atom is -0.462 e. The molecule has 0 fully saturated rings. The Morgan fingerprint density at radius 2 is 0.456 bits per heavy atom. The third-order valence-corrected chi connectivity index (χ3v) is 16.1. The molecule has 464 valence electrons. The molecule has 0 aromatic heterocycles. The van der Waals surface area contributed by atoms with E-state index in [1.807, 2.05) is 0 Å². The predicted molar refractivity (Wildman–Crippen MR) is 344 cm³/mol. The average molecular weight is 1110 g/mol. The maximum Gasteiger partial charge on any atom is 0.306 e. The maximum atomic E-state index is 12.9. The van der Waals surface area contributed by atoms with Crippen LogP contribution < -0.4 is 0 Å². The van der Waals surface area contributed by atoms with Crippen molar-refractivity contribution in [2.24, 2.45) is 0 Å². The maximum absolute atomic E-state index is 12.9. The molecule has 1 unspecified atom stereocenters. The van der Waals surface area contributed by atoms with Crippen molar-refractivity contribution >= 4 is 17.9 Å². The predicted octanol–water partition coefficient (Wildman–Crippen LogP) is 24.3. The first-order valence-electron chi connectivity index (χ1n) is 35.5. The third kappa shape index (κ3) is 66.3. The van der Waals surface area contributed by atoms with E-state index in [4.69, 9.17) is 14.2 Å². The average Bonchev–Trinajstić information content (AvgIpc) is 3.45. The first-order chi connectivity index (χ1) is 39.0. The summed E-state index contributed by atoms with van der Waals surface area (Å²) in [5, 5.41) is 0. The molecule has 0 aromatic rings. The monoisotopic (exact) mass is 1110 g/mol. The second kappa shape index (κ2) is 68.1. The summed E-state index contributed by atoms with van der Waals surface area (Å²) in [4.78, 5) is 38.2. The molecule has 0 spiro atoms. The fraction of sp³-hybridized carbons (Fsp3) is 0.877. The Bertz CT molecular complexity index is 1320. The van der Waals surface area contributed by atoms with Crippen molar-refractivity contribution < 1.29 is 28.6 Å². The van der Waals surface area contributed by atoms with Gasteiger partial charge in [-0.1, -0.05) is 353 Å². The van der Waals surface area contributed by atoms with Crippen LogP contribution in [-0.4, -0.2) is 37.2 Å². The first-order valence-corrected chi connectivity index (χ1v) is 35.5. The van der Waals surface area contributed by atoms with Gasteiger partial charge in [-0.3, -0.25) is 14.4 Å². The normalized spacial score (nSPS) is 12.2. The lowest BCUT2D eigenvalue weighted by Gasteiger charge is -2.18. The molecule has 0 heterocycles. The molecule has 0 radical (unpaired) electrons. The van der Waals surface area contributed by atoms with Gasteiger partial charge in [0.2, 0.25) is 0 Å². The zero-order valence-corrected chi connectivity index (χ0v) is 53.4. The summed E-state index contributed by atoms with van der Waals surface area (Å²) in [5.74, 6) is -0.854. The number of hydrogen-bond donors (Lipinski definition) is 0. The molecule has 0 bridgehead atoms. The Morgan fingerprint density at radius 1 is 0.253 bits per heavy atom. The van der Waals surface area contributed by atoms with Crippen LogP contribution >= 0.6 is 0 Å². The molecule has 0 saturated heterocycles. The van der Waals surface area contributed by atoms with Crippen molar-refractivity contribution in [1.82, 2.24) is 0 Å². The highest BCUT2D eigenvalue weighted by molar-refractivity contribution is 5.71. The van der Waals surface area contributed by atoms with Gasteiger partial charge in [0.1, 0.15) is 13.2 Å². The lowest BCUT2D eigenvalue weighted by molar-refractivity contribution is -0.167. The van der Waals surface area contributed by atoms with Crippen LogP contribution in [0.2, 0.25) is 0 Å². The molecule has 0 rings (SSSR count). The SMILES string of the molecule is CCCCCCC/C=C\C/C=C\C/C=C\CCCCCCCCCCCCC(=O)OC(COC(=O)CCCCCCCCC)COC(=O)CCCCCCCCCCCCCCCCCCCCCCCCCCCCCCC. The fourth-order valence-corrected chi connectivity index (χ4v) is 10.8. The molecule has 0 aliphatic rings. The first kappa shape index (κ1) is 76.6. The summed E-state index contributed by atoms with van der Waals surface area (Å²) < 4.78 is 16.9. The number of rotatable bonds is 66. The number of allylic oxidation sites excluding steroid dienone is 6. The van der Waals surface area contributed by atoms with Crippen molar-refractivity contribution in [2.75, 3.05) is 13.2 Å². The second-order valence-corrected chi connectivity index (χ2v) is 24.2. The minimum absolute atomic E-state index is 0.0687. The molecule has 6 heteroatoms. The zero-order chi connectivity index (χ0) is 57.1. The molecule has 0 saturated carbocycles. The molecule has 0 N–H and O–H groups in total. The molecule has 0 aliphatic carbocycles. The van der Waals surface area contributed by atoms with Crippen molar-refractivity contribution in [1.29, 1.82) is 0 Å². The quantitative estimate of drug-likeness (QED) is 0.0261. The summed E-state index contributed by atoms with van der Waals surface area (Å²) in [7, 11) is 0. The van der Waals surface area contributed by atoms with Crippen LogP contribution in [0.25, 0.3) is 0 Å². The van der Waals surface area contributed by atoms with Crippen LogP contribution in [0.4, 0.5) is 0 Å². The van der Waals surface area contributed by atoms with Crippen LogP contribution in [0.1, 0.15) is 393 Å². The van der Waals surface area contributed by atoms with E-state index in [-0.39, 0.29) is 31.1 Å². The summed E-state index contributed by atoms with van der Waals surface area (Å²) >= 11 is 0. The van der Waals surface area contributed by atoms with E-state index in [0.29, 0.717) is 19.3 Å². The van der Waals surface area contributed by atoms with E-state index < -0.39 is 6.10 Å².